The molecule has 0 radical (unpaired) electrons. The van der Waals surface area contributed by atoms with E-state index in [4.69, 9.17) is 0 Å². The smallest absolute Gasteiger partial charge is 0.372 e. The van der Waals surface area contributed by atoms with Gasteiger partial charge in [0.25, 0.3) is 0 Å². The summed E-state index contributed by atoms with van der Waals surface area (Å²) >= 11 is 0. The molecule has 9 heteroatoms. The maximum absolute atomic E-state index is 13.9. The molecule has 2 aromatic carbocycles. The Kier molecular flexibility index (Phi) is 6.26. The molecule has 1 fully saturated rings. The van der Waals surface area contributed by atoms with Crippen LogP contribution in [0.5, 0.6) is 0 Å². The van der Waals surface area contributed by atoms with E-state index in [1.807, 2.05) is 18.7 Å². The highest BCUT2D eigenvalue weighted by atomic mass is 19.4. The van der Waals surface area contributed by atoms with Crippen molar-refractivity contribution in [1.29, 1.82) is 0 Å². The summed E-state index contributed by atoms with van der Waals surface area (Å²) < 4.78 is 41.8. The summed E-state index contributed by atoms with van der Waals surface area (Å²) in [7, 11) is 0. The Morgan fingerprint density at radius 2 is 1.65 bits per heavy atom. The highest BCUT2D eigenvalue weighted by Crippen LogP contribution is 2.44. The number of aliphatic hydroxyl groups is 1. The molecule has 1 aliphatic heterocycles. The lowest BCUT2D eigenvalue weighted by molar-refractivity contribution is -0.287. The number of ketones is 1. The number of anilines is 1. The van der Waals surface area contributed by atoms with Crippen molar-refractivity contribution in [3.63, 3.8) is 0 Å². The largest absolute Gasteiger partial charge is 0.437 e. The van der Waals surface area contributed by atoms with Gasteiger partial charge >= 0.3 is 12.2 Å². The normalized spacial score (nSPS) is 23.6. The molecule has 3 rings (SSSR count). The molecule has 0 saturated carbocycles. The van der Waals surface area contributed by atoms with E-state index in [0.717, 1.165) is 18.8 Å². The number of amides is 2. The second-order valence-electron chi connectivity index (χ2n) is 7.31. The van der Waals surface area contributed by atoms with Gasteiger partial charge in [0.2, 0.25) is 5.72 Å². The molecule has 1 heterocycles. The average Bonchev–Trinajstić information content (AvgIpc) is 2.74. The van der Waals surface area contributed by atoms with Crippen molar-refractivity contribution in [3.8, 4) is 0 Å². The Bertz CT molecular complexity index is 931. The molecule has 6 nitrogen and oxygen atoms in total. The number of urea groups is 1. The van der Waals surface area contributed by atoms with Gasteiger partial charge in [-0.15, -0.1) is 0 Å². The number of nitrogens with one attached hydrogen (secondary N) is 2. The molecule has 0 unspecified atom stereocenters. The van der Waals surface area contributed by atoms with Gasteiger partial charge in [0.1, 0.15) is 5.92 Å². The molecule has 1 saturated heterocycles. The van der Waals surface area contributed by atoms with Crippen LogP contribution in [-0.2, 0) is 0 Å². The lowest BCUT2D eigenvalue weighted by Gasteiger charge is -2.45. The van der Waals surface area contributed by atoms with Crippen molar-refractivity contribution >= 4 is 17.5 Å². The molecule has 1 aliphatic rings. The molecular weight excluding hydrogens is 411 g/mol. The van der Waals surface area contributed by atoms with E-state index in [9.17, 15) is 27.9 Å². The highest BCUT2D eigenvalue weighted by Gasteiger charge is 2.66. The van der Waals surface area contributed by atoms with E-state index in [-0.39, 0.29) is 11.1 Å². The van der Waals surface area contributed by atoms with Gasteiger partial charge in [0.15, 0.2) is 5.78 Å². The van der Waals surface area contributed by atoms with Crippen LogP contribution in [0.3, 0.4) is 0 Å². The fraction of sp³-hybridized carbons (Fsp3) is 0.364. The summed E-state index contributed by atoms with van der Waals surface area (Å²) in [5.41, 5.74) is -2.60. The lowest BCUT2D eigenvalue weighted by Crippen LogP contribution is -2.72. The van der Waals surface area contributed by atoms with Crippen LogP contribution in [-0.4, -0.2) is 41.9 Å². The Balaban J connectivity index is 2.09. The summed E-state index contributed by atoms with van der Waals surface area (Å²) in [5, 5.41) is 14.5. The van der Waals surface area contributed by atoms with Crippen LogP contribution in [0.25, 0.3) is 0 Å². The van der Waals surface area contributed by atoms with E-state index in [0.29, 0.717) is 0 Å². The van der Waals surface area contributed by atoms with E-state index in [1.54, 1.807) is 30.3 Å². The molecule has 31 heavy (non-hydrogen) atoms. The Morgan fingerprint density at radius 1 is 1.06 bits per heavy atom. The molecule has 3 N–H and O–H groups in total. The minimum Gasteiger partial charge on any atom is -0.372 e. The summed E-state index contributed by atoms with van der Waals surface area (Å²) in [6, 6.07) is 11.3. The zero-order valence-corrected chi connectivity index (χ0v) is 17.1. The van der Waals surface area contributed by atoms with Crippen LogP contribution < -0.4 is 15.5 Å². The second-order valence-corrected chi connectivity index (χ2v) is 7.31. The number of rotatable bonds is 6. The van der Waals surface area contributed by atoms with Crippen LogP contribution in [0.1, 0.15) is 35.8 Å². The maximum atomic E-state index is 13.9. The first-order valence-electron chi connectivity index (χ1n) is 9.94. The monoisotopic (exact) mass is 435 g/mol. The Hall–Kier alpha value is -3.07. The van der Waals surface area contributed by atoms with Crippen molar-refractivity contribution < 1.29 is 27.9 Å². The summed E-state index contributed by atoms with van der Waals surface area (Å²) in [6.45, 7) is 5.43. The maximum Gasteiger partial charge on any atom is 0.437 e. The third kappa shape index (κ3) is 4.23. The number of hydrogen-bond donors (Lipinski definition) is 3. The number of hydrogen-bond acceptors (Lipinski definition) is 4. The average molecular weight is 435 g/mol. The number of Topliss-reactive ketones (excluding diaryl/α,β-unsaturated/α-hetero) is 1. The molecule has 0 bridgehead atoms. The van der Waals surface area contributed by atoms with Crippen molar-refractivity contribution in [2.24, 2.45) is 5.92 Å². The summed E-state index contributed by atoms with van der Waals surface area (Å²) in [4.78, 5) is 27.3. The zero-order chi connectivity index (χ0) is 22.8. The fourth-order valence-corrected chi connectivity index (χ4v) is 3.88. The second kappa shape index (κ2) is 8.58. The first-order valence-corrected chi connectivity index (χ1v) is 9.94. The topological polar surface area (TPSA) is 81.7 Å². The first kappa shape index (κ1) is 22.6. The quantitative estimate of drug-likeness (QED) is 0.606. The van der Waals surface area contributed by atoms with Crippen LogP contribution in [0.4, 0.5) is 23.7 Å². The van der Waals surface area contributed by atoms with Gasteiger partial charge in [-0.2, -0.15) is 13.2 Å². The highest BCUT2D eigenvalue weighted by molar-refractivity contribution is 6.00. The number of benzene rings is 2. The molecular formula is C22H24F3N3O3. The van der Waals surface area contributed by atoms with Gasteiger partial charge in [0.05, 0.1) is 6.04 Å². The molecule has 2 aromatic rings. The van der Waals surface area contributed by atoms with Crippen LogP contribution in [0.2, 0.25) is 0 Å². The third-order valence-corrected chi connectivity index (χ3v) is 5.53. The molecule has 0 spiro atoms. The van der Waals surface area contributed by atoms with Crippen LogP contribution >= 0.6 is 0 Å². The van der Waals surface area contributed by atoms with Crippen molar-refractivity contribution in [2.45, 2.75) is 31.8 Å². The molecule has 3 atom stereocenters. The van der Waals surface area contributed by atoms with Gasteiger partial charge in [-0.25, -0.2) is 4.79 Å². The van der Waals surface area contributed by atoms with Gasteiger partial charge in [0, 0.05) is 24.3 Å². The SMILES string of the molecule is CCN(CC)c1ccc([C@@H]2NC(=O)N[C@@](O)(C(F)(F)F)[C@@H]2C(=O)c2ccccc2)cc1. The minimum absolute atomic E-state index is 0.00196. The number of alkyl halides is 3. The lowest BCUT2D eigenvalue weighted by atomic mass is 9.77. The Morgan fingerprint density at radius 3 is 2.16 bits per heavy atom. The number of halogens is 3. The van der Waals surface area contributed by atoms with Crippen LogP contribution in [0, 0.1) is 5.92 Å². The van der Waals surface area contributed by atoms with Crippen molar-refractivity contribution in [2.75, 3.05) is 18.0 Å². The third-order valence-electron chi connectivity index (χ3n) is 5.53. The molecule has 2 amide bonds. The van der Waals surface area contributed by atoms with Crippen molar-refractivity contribution in [3.05, 3.63) is 65.7 Å². The standard InChI is InChI=1S/C22H24F3N3O3/c1-3-28(4-2)16-12-10-14(11-13-16)18-17(19(29)15-8-6-5-7-9-15)21(31,22(23,24)25)27-20(30)26-18/h5-13,17-18,31H,3-4H2,1-2H3,(H2,26,27,30)/t17-,18-,21-/m0/s1. The van der Waals surface area contributed by atoms with Crippen molar-refractivity contribution in [1.82, 2.24) is 10.6 Å². The van der Waals surface area contributed by atoms with E-state index < -0.39 is 35.7 Å². The van der Waals surface area contributed by atoms with Crippen LogP contribution in [0.15, 0.2) is 54.6 Å². The molecule has 0 aliphatic carbocycles. The van der Waals surface area contributed by atoms with Gasteiger partial charge in [-0.05, 0) is 31.5 Å². The minimum atomic E-state index is -5.28. The van der Waals surface area contributed by atoms with E-state index in [2.05, 4.69) is 5.32 Å². The van der Waals surface area contributed by atoms with Gasteiger partial charge < -0.3 is 20.6 Å². The molecule has 166 valence electrons. The molecule has 0 aromatic heterocycles. The first-order chi connectivity index (χ1) is 14.6. The zero-order valence-electron chi connectivity index (χ0n) is 17.1. The Labute approximate surface area is 178 Å². The van der Waals surface area contributed by atoms with E-state index in [1.165, 1.54) is 29.6 Å². The predicted molar refractivity (Wildman–Crippen MR) is 110 cm³/mol. The fourth-order valence-electron chi connectivity index (χ4n) is 3.88. The predicted octanol–water partition coefficient (Wildman–Crippen LogP) is 3.64. The van der Waals surface area contributed by atoms with Gasteiger partial charge in [-0.3, -0.25) is 4.79 Å². The van der Waals surface area contributed by atoms with Gasteiger partial charge in [-0.1, -0.05) is 42.5 Å². The summed E-state index contributed by atoms with van der Waals surface area (Å²) in [5.74, 6) is -2.97. The number of carbonyl (C=O) groups is 2. The van der Waals surface area contributed by atoms with E-state index >= 15 is 0 Å². The number of nitrogens with zero attached hydrogens (tertiary/aromatic N) is 1. The number of carbonyl (C=O) groups excluding carboxylic acids is 2. The summed E-state index contributed by atoms with van der Waals surface area (Å²) in [6.07, 6.45) is -5.28.